The molecule has 0 bridgehead atoms. The van der Waals surface area contributed by atoms with Gasteiger partial charge in [-0.05, 0) is 37.6 Å². The van der Waals surface area contributed by atoms with Crippen molar-refractivity contribution in [3.05, 3.63) is 52.9 Å². The number of rotatable bonds is 2. The number of fused-ring (bicyclic) bond motifs is 4. The van der Waals surface area contributed by atoms with Crippen molar-refractivity contribution in [3.63, 3.8) is 0 Å². The lowest BCUT2D eigenvalue weighted by Crippen LogP contribution is -2.41. The first kappa shape index (κ1) is 19.9. The van der Waals surface area contributed by atoms with Gasteiger partial charge in [-0.2, -0.15) is 5.10 Å². The van der Waals surface area contributed by atoms with Crippen LogP contribution in [0.25, 0.3) is 32.0 Å². The average Bonchev–Trinajstić information content (AvgIpc) is 3.50. The summed E-state index contributed by atoms with van der Waals surface area (Å²) < 4.78 is 17.9. The molecule has 33 heavy (non-hydrogen) atoms. The van der Waals surface area contributed by atoms with Gasteiger partial charge in [0, 0.05) is 31.6 Å². The highest BCUT2D eigenvalue weighted by molar-refractivity contribution is 7.18. The Morgan fingerprint density at radius 2 is 1.97 bits per heavy atom. The lowest BCUT2D eigenvalue weighted by atomic mass is 10.1. The van der Waals surface area contributed by atoms with Crippen molar-refractivity contribution in [2.24, 2.45) is 7.05 Å². The molecule has 6 rings (SSSR count). The van der Waals surface area contributed by atoms with Crippen LogP contribution in [0.15, 0.2) is 36.5 Å². The van der Waals surface area contributed by atoms with Crippen molar-refractivity contribution in [1.82, 2.24) is 24.8 Å². The van der Waals surface area contributed by atoms with Crippen molar-refractivity contribution in [3.8, 4) is 0 Å². The highest BCUT2D eigenvalue weighted by Gasteiger charge is 2.30. The number of anilines is 2. The summed E-state index contributed by atoms with van der Waals surface area (Å²) in [7, 11) is 1.78. The minimum absolute atomic E-state index is 0.00168. The van der Waals surface area contributed by atoms with Gasteiger partial charge in [0.25, 0.3) is 5.91 Å². The number of thiazole rings is 1. The molecule has 8 nitrogen and oxygen atoms in total. The van der Waals surface area contributed by atoms with Crippen LogP contribution in [0.3, 0.4) is 0 Å². The van der Waals surface area contributed by atoms with Crippen molar-refractivity contribution in [2.75, 3.05) is 23.8 Å². The lowest BCUT2D eigenvalue weighted by Gasteiger charge is -2.30. The molecule has 10 heteroatoms. The van der Waals surface area contributed by atoms with E-state index in [4.69, 9.17) is 5.73 Å². The summed E-state index contributed by atoms with van der Waals surface area (Å²) in [5, 5.41) is 10.1. The maximum absolute atomic E-state index is 15.1. The molecule has 1 aliphatic heterocycles. The van der Waals surface area contributed by atoms with Crippen LogP contribution in [-0.2, 0) is 7.05 Å². The second-order valence-corrected chi connectivity index (χ2v) is 9.40. The van der Waals surface area contributed by atoms with E-state index in [1.807, 2.05) is 30.1 Å². The van der Waals surface area contributed by atoms with E-state index < -0.39 is 5.82 Å². The monoisotopic (exact) mass is 461 g/mol. The Balaban J connectivity index is 1.44. The zero-order chi connectivity index (χ0) is 22.9. The number of hydrogen-bond acceptors (Lipinski definition) is 7. The molecule has 3 aromatic heterocycles. The van der Waals surface area contributed by atoms with Crippen LogP contribution in [0, 0.1) is 12.7 Å². The fraction of sp³-hybridized carbons (Fsp3) is 0.217. The molecule has 1 amide bonds. The molecule has 0 unspecified atom stereocenters. The topological polar surface area (TPSA) is 93.2 Å². The molecule has 1 saturated heterocycles. The summed E-state index contributed by atoms with van der Waals surface area (Å²) in [5.74, 6) is -0.732. The summed E-state index contributed by atoms with van der Waals surface area (Å²) in [4.78, 5) is 22.4. The minimum atomic E-state index is -0.624. The maximum Gasteiger partial charge on any atom is 0.275 e. The van der Waals surface area contributed by atoms with E-state index in [0.717, 1.165) is 32.8 Å². The maximum atomic E-state index is 15.1. The molecule has 4 heterocycles. The van der Waals surface area contributed by atoms with Crippen LogP contribution in [0.4, 0.5) is 15.9 Å². The number of amides is 1. The molecule has 0 radical (unpaired) electrons. The summed E-state index contributed by atoms with van der Waals surface area (Å²) in [6.07, 6.45) is 2.42. The van der Waals surface area contributed by atoms with Crippen LogP contribution >= 0.6 is 11.3 Å². The Labute approximate surface area is 192 Å². The number of carbonyl (C=O) groups is 1. The van der Waals surface area contributed by atoms with Crippen LogP contribution in [0.2, 0.25) is 0 Å². The number of halogens is 1. The molecule has 5 aromatic rings. The fourth-order valence-corrected chi connectivity index (χ4v) is 5.42. The van der Waals surface area contributed by atoms with E-state index >= 15 is 4.39 Å². The summed E-state index contributed by atoms with van der Waals surface area (Å²) in [6.45, 7) is 3.16. The standard InChI is InChI=1S/C23H20FN7OS/c1-12-27-18-5-4-13(8-20(18)33-12)30-6-3-7-31(30)23(32)14-9-15-19(10-17(14)24)28-22(25)16-11-26-29(2)21(15)16/h4-5,8-11H,3,6-7H2,1-2H3,(H2,25,28). The first-order valence-electron chi connectivity index (χ1n) is 10.6. The Morgan fingerprint density at radius 3 is 2.82 bits per heavy atom. The molecule has 1 fully saturated rings. The van der Waals surface area contributed by atoms with Crippen molar-refractivity contribution < 1.29 is 9.18 Å². The zero-order valence-corrected chi connectivity index (χ0v) is 18.9. The number of carbonyl (C=O) groups excluding carboxylic acids is 1. The van der Waals surface area contributed by atoms with E-state index in [-0.39, 0.29) is 17.3 Å². The number of aromatic nitrogens is 4. The van der Waals surface area contributed by atoms with Gasteiger partial charge < -0.3 is 5.73 Å². The number of pyridine rings is 1. The third-order valence-electron chi connectivity index (χ3n) is 6.07. The van der Waals surface area contributed by atoms with Gasteiger partial charge in [-0.25, -0.2) is 19.4 Å². The van der Waals surface area contributed by atoms with Crippen LogP contribution < -0.4 is 10.7 Å². The number of benzene rings is 2. The molecule has 2 N–H and O–H groups in total. The third kappa shape index (κ3) is 3.01. The number of hydrogen-bond donors (Lipinski definition) is 1. The molecule has 0 aliphatic carbocycles. The van der Waals surface area contributed by atoms with Crippen molar-refractivity contribution in [1.29, 1.82) is 0 Å². The van der Waals surface area contributed by atoms with Crippen LogP contribution in [0.5, 0.6) is 0 Å². The van der Waals surface area contributed by atoms with E-state index in [1.165, 1.54) is 6.07 Å². The Morgan fingerprint density at radius 1 is 1.12 bits per heavy atom. The molecule has 0 saturated carbocycles. The van der Waals surface area contributed by atoms with E-state index in [0.29, 0.717) is 29.4 Å². The van der Waals surface area contributed by atoms with Crippen molar-refractivity contribution in [2.45, 2.75) is 13.3 Å². The van der Waals surface area contributed by atoms with Crippen LogP contribution in [-0.4, -0.2) is 43.8 Å². The molecule has 1 aliphatic rings. The SMILES string of the molecule is Cc1nc2ccc(N3CCCN3C(=O)c3cc4c(cc3F)nc(N)c3cnn(C)c34)cc2s1. The quantitative estimate of drug-likeness (QED) is 0.427. The lowest BCUT2D eigenvalue weighted by molar-refractivity contribution is 0.0772. The minimum Gasteiger partial charge on any atom is -0.383 e. The van der Waals surface area contributed by atoms with Gasteiger partial charge in [0.1, 0.15) is 11.6 Å². The number of aryl methyl sites for hydroxylation is 2. The van der Waals surface area contributed by atoms with Crippen molar-refractivity contribution >= 4 is 60.8 Å². The predicted octanol–water partition coefficient (Wildman–Crippen LogP) is 4.03. The molecule has 0 atom stereocenters. The molecular weight excluding hydrogens is 441 g/mol. The van der Waals surface area contributed by atoms with Gasteiger partial charge >= 0.3 is 0 Å². The third-order valence-corrected chi connectivity index (χ3v) is 7.00. The number of nitrogen functional groups attached to an aromatic ring is 1. The van der Waals surface area contributed by atoms with Gasteiger partial charge in [-0.1, -0.05) is 0 Å². The fourth-order valence-electron chi connectivity index (χ4n) is 4.56. The molecular formula is C23H20FN7OS. The highest BCUT2D eigenvalue weighted by Crippen LogP contribution is 2.32. The van der Waals surface area contributed by atoms with E-state index in [9.17, 15) is 4.79 Å². The Kier molecular flexibility index (Phi) is 4.28. The van der Waals surface area contributed by atoms with Gasteiger partial charge in [0.2, 0.25) is 0 Å². The number of hydrazine groups is 1. The van der Waals surface area contributed by atoms with E-state index in [2.05, 4.69) is 15.1 Å². The summed E-state index contributed by atoms with van der Waals surface area (Å²) in [6, 6.07) is 8.79. The zero-order valence-electron chi connectivity index (χ0n) is 18.0. The first-order valence-corrected chi connectivity index (χ1v) is 11.4. The second kappa shape index (κ2) is 7.11. The smallest absolute Gasteiger partial charge is 0.275 e. The average molecular weight is 462 g/mol. The van der Waals surface area contributed by atoms with Crippen LogP contribution in [0.1, 0.15) is 21.8 Å². The normalized spacial score (nSPS) is 14.3. The van der Waals surface area contributed by atoms with Gasteiger partial charge in [-0.3, -0.25) is 14.5 Å². The summed E-state index contributed by atoms with van der Waals surface area (Å²) >= 11 is 1.61. The van der Waals surface area contributed by atoms with Gasteiger partial charge in [-0.15, -0.1) is 11.3 Å². The largest absolute Gasteiger partial charge is 0.383 e. The van der Waals surface area contributed by atoms with Gasteiger partial charge in [0.15, 0.2) is 0 Å². The molecule has 2 aromatic carbocycles. The highest BCUT2D eigenvalue weighted by atomic mass is 32.1. The van der Waals surface area contributed by atoms with E-state index in [1.54, 1.807) is 40.3 Å². The first-order chi connectivity index (χ1) is 15.9. The summed E-state index contributed by atoms with van der Waals surface area (Å²) in [5.41, 5.74) is 8.97. The van der Waals surface area contributed by atoms with Gasteiger partial charge in [0.05, 0.1) is 49.1 Å². The number of nitrogens with zero attached hydrogens (tertiary/aromatic N) is 6. The Hall–Kier alpha value is -3.79. The Bertz CT molecular complexity index is 1590. The number of nitrogens with two attached hydrogens (primary N) is 1. The molecule has 166 valence electrons. The molecule has 0 spiro atoms. The predicted molar refractivity (Wildman–Crippen MR) is 128 cm³/mol. The second-order valence-electron chi connectivity index (χ2n) is 8.17.